The second-order valence-electron chi connectivity index (χ2n) is 6.98. The predicted octanol–water partition coefficient (Wildman–Crippen LogP) is 1.89. The van der Waals surface area contributed by atoms with Gasteiger partial charge in [-0.2, -0.15) is 0 Å². The third-order valence-electron chi connectivity index (χ3n) is 4.85. The molecule has 1 amide bonds. The van der Waals surface area contributed by atoms with Crippen molar-refractivity contribution in [1.82, 2.24) is 19.7 Å². The summed E-state index contributed by atoms with van der Waals surface area (Å²) in [6.45, 7) is 5.60. The molecule has 4 rings (SSSR count). The van der Waals surface area contributed by atoms with Crippen LogP contribution in [0.4, 0.5) is 5.82 Å². The summed E-state index contributed by atoms with van der Waals surface area (Å²) in [5.74, 6) is 0.137. The van der Waals surface area contributed by atoms with Crippen LogP contribution in [0.2, 0.25) is 0 Å². The van der Waals surface area contributed by atoms with Crippen LogP contribution in [0.1, 0.15) is 35.7 Å². The van der Waals surface area contributed by atoms with Gasteiger partial charge in [0.05, 0.1) is 17.1 Å². The summed E-state index contributed by atoms with van der Waals surface area (Å²) in [5, 5.41) is 6.31. The predicted molar refractivity (Wildman–Crippen MR) is 107 cm³/mol. The number of pyridine rings is 2. The highest BCUT2D eigenvalue weighted by Gasteiger charge is 2.20. The number of amides is 1. The molecule has 1 atom stereocenters. The summed E-state index contributed by atoms with van der Waals surface area (Å²) in [6.07, 6.45) is 3.72. The van der Waals surface area contributed by atoms with E-state index < -0.39 is 0 Å². The van der Waals surface area contributed by atoms with E-state index in [1.807, 2.05) is 19.9 Å². The molecule has 1 saturated heterocycles. The first-order chi connectivity index (χ1) is 13.6. The van der Waals surface area contributed by atoms with Crippen LogP contribution in [0.25, 0.3) is 16.7 Å². The van der Waals surface area contributed by atoms with Crippen molar-refractivity contribution in [2.24, 2.45) is 0 Å². The van der Waals surface area contributed by atoms with Crippen LogP contribution in [0.5, 0.6) is 0 Å². The number of hydrogen-bond donors (Lipinski definition) is 2. The fraction of sp³-hybridized carbons (Fsp3) is 0.400. The molecule has 3 aromatic rings. The molecule has 4 heterocycles. The van der Waals surface area contributed by atoms with Gasteiger partial charge in [0.1, 0.15) is 11.5 Å². The lowest BCUT2D eigenvalue weighted by atomic mass is 10.1. The number of nitrogens with one attached hydrogen (secondary N) is 2. The SMILES string of the molecule is CCNc1nc2nc3ccc(C)cn3c(=O)c2cc1C(=O)NC[C@H]1CCCO1. The monoisotopic (exact) mass is 381 g/mol. The molecule has 0 aromatic carbocycles. The minimum Gasteiger partial charge on any atom is -0.376 e. The molecule has 1 aliphatic heterocycles. The van der Waals surface area contributed by atoms with Gasteiger partial charge in [-0.1, -0.05) is 6.07 Å². The first-order valence-electron chi connectivity index (χ1n) is 9.54. The van der Waals surface area contributed by atoms with Crippen molar-refractivity contribution < 1.29 is 9.53 Å². The molecule has 1 aliphatic rings. The molecule has 0 radical (unpaired) electrons. The van der Waals surface area contributed by atoms with E-state index in [-0.39, 0.29) is 17.6 Å². The number of ether oxygens (including phenoxy) is 1. The minimum absolute atomic E-state index is 0.0409. The van der Waals surface area contributed by atoms with Crippen LogP contribution in [0.15, 0.2) is 29.2 Å². The van der Waals surface area contributed by atoms with E-state index in [9.17, 15) is 9.59 Å². The number of anilines is 1. The summed E-state index contributed by atoms with van der Waals surface area (Å²) in [6, 6.07) is 5.26. The van der Waals surface area contributed by atoms with Crippen LogP contribution in [0.3, 0.4) is 0 Å². The Balaban J connectivity index is 1.78. The maximum atomic E-state index is 13.0. The van der Waals surface area contributed by atoms with Crippen LogP contribution in [-0.2, 0) is 4.74 Å². The molecular weight excluding hydrogens is 358 g/mol. The van der Waals surface area contributed by atoms with Crippen molar-refractivity contribution in [3.63, 3.8) is 0 Å². The number of aromatic nitrogens is 3. The second-order valence-corrected chi connectivity index (χ2v) is 6.98. The number of nitrogens with zero attached hydrogens (tertiary/aromatic N) is 3. The standard InChI is InChI=1S/C20H23N5O3/c1-3-21-17-14(19(26)22-10-13-5-4-8-28-13)9-15-18(24-17)23-16-7-6-12(2)11-25(16)20(15)27/h6-7,9,11,13H,3-5,8,10H2,1-2H3,(H,21,24)(H,22,26)/t13-/m1/s1. The maximum absolute atomic E-state index is 13.0. The second kappa shape index (κ2) is 7.55. The number of carbonyl (C=O) groups is 1. The van der Waals surface area contributed by atoms with Crippen molar-refractivity contribution in [2.75, 3.05) is 25.0 Å². The molecule has 0 saturated carbocycles. The first-order valence-corrected chi connectivity index (χ1v) is 9.54. The third-order valence-corrected chi connectivity index (χ3v) is 4.85. The average molecular weight is 381 g/mol. The topological polar surface area (TPSA) is 97.6 Å². The Morgan fingerprint density at radius 1 is 1.36 bits per heavy atom. The highest BCUT2D eigenvalue weighted by Crippen LogP contribution is 2.19. The van der Waals surface area contributed by atoms with Gasteiger partial charge in [0, 0.05) is 25.9 Å². The molecule has 8 nitrogen and oxygen atoms in total. The van der Waals surface area contributed by atoms with Gasteiger partial charge in [-0.3, -0.25) is 14.0 Å². The van der Waals surface area contributed by atoms with Crippen molar-refractivity contribution in [3.05, 3.63) is 45.9 Å². The summed E-state index contributed by atoms with van der Waals surface area (Å²) in [5.41, 5.74) is 1.88. The average Bonchev–Trinajstić information content (AvgIpc) is 3.20. The lowest BCUT2D eigenvalue weighted by molar-refractivity contribution is 0.0858. The maximum Gasteiger partial charge on any atom is 0.267 e. The van der Waals surface area contributed by atoms with Crippen molar-refractivity contribution >= 4 is 28.4 Å². The van der Waals surface area contributed by atoms with Crippen LogP contribution in [-0.4, -0.2) is 46.1 Å². The Morgan fingerprint density at radius 3 is 2.96 bits per heavy atom. The number of fused-ring (bicyclic) bond motifs is 2. The molecule has 28 heavy (non-hydrogen) atoms. The van der Waals surface area contributed by atoms with Crippen LogP contribution in [0, 0.1) is 6.92 Å². The molecule has 146 valence electrons. The quantitative estimate of drug-likeness (QED) is 0.655. The number of carbonyl (C=O) groups excluding carboxylic acids is 1. The van der Waals surface area contributed by atoms with E-state index in [1.165, 1.54) is 4.40 Å². The molecule has 0 aliphatic carbocycles. The van der Waals surface area contributed by atoms with Gasteiger partial charge in [-0.15, -0.1) is 0 Å². The van der Waals surface area contributed by atoms with Gasteiger partial charge in [0.25, 0.3) is 11.5 Å². The molecule has 0 bridgehead atoms. The molecule has 0 unspecified atom stereocenters. The van der Waals surface area contributed by atoms with E-state index >= 15 is 0 Å². The Bertz CT molecular complexity index is 1100. The molecule has 1 fully saturated rings. The number of hydrogen-bond acceptors (Lipinski definition) is 6. The van der Waals surface area contributed by atoms with Gasteiger partial charge in [0.15, 0.2) is 5.65 Å². The zero-order chi connectivity index (χ0) is 19.7. The number of rotatable bonds is 5. The summed E-state index contributed by atoms with van der Waals surface area (Å²) >= 11 is 0. The van der Waals surface area contributed by atoms with E-state index in [0.717, 1.165) is 25.0 Å². The van der Waals surface area contributed by atoms with E-state index in [0.29, 0.717) is 41.2 Å². The zero-order valence-corrected chi connectivity index (χ0v) is 16.0. The summed E-state index contributed by atoms with van der Waals surface area (Å²) < 4.78 is 7.04. The lowest BCUT2D eigenvalue weighted by Crippen LogP contribution is -2.32. The fourth-order valence-electron chi connectivity index (χ4n) is 3.42. The largest absolute Gasteiger partial charge is 0.376 e. The third kappa shape index (κ3) is 3.43. The highest BCUT2D eigenvalue weighted by atomic mass is 16.5. The molecule has 8 heteroatoms. The molecular formula is C20H23N5O3. The van der Waals surface area contributed by atoms with Crippen molar-refractivity contribution in [3.8, 4) is 0 Å². The molecule has 2 N–H and O–H groups in total. The van der Waals surface area contributed by atoms with Crippen molar-refractivity contribution in [2.45, 2.75) is 32.8 Å². The summed E-state index contributed by atoms with van der Waals surface area (Å²) in [7, 11) is 0. The number of aryl methyl sites for hydroxylation is 1. The van der Waals surface area contributed by atoms with Gasteiger partial charge >= 0.3 is 0 Å². The zero-order valence-electron chi connectivity index (χ0n) is 16.0. The van der Waals surface area contributed by atoms with E-state index in [1.54, 1.807) is 18.3 Å². The smallest absolute Gasteiger partial charge is 0.267 e. The Morgan fingerprint density at radius 2 is 2.21 bits per heavy atom. The highest BCUT2D eigenvalue weighted by molar-refractivity contribution is 6.01. The normalized spacial score (nSPS) is 16.6. The fourth-order valence-corrected chi connectivity index (χ4v) is 3.42. The summed E-state index contributed by atoms with van der Waals surface area (Å²) in [4.78, 5) is 34.7. The van der Waals surface area contributed by atoms with Gasteiger partial charge in [0.2, 0.25) is 0 Å². The van der Waals surface area contributed by atoms with Gasteiger partial charge in [-0.05, 0) is 44.4 Å². The van der Waals surface area contributed by atoms with Crippen LogP contribution >= 0.6 is 0 Å². The Kier molecular flexibility index (Phi) is 4.95. The minimum atomic E-state index is -0.283. The Hall–Kier alpha value is -3.00. The van der Waals surface area contributed by atoms with Crippen LogP contribution < -0.4 is 16.2 Å². The van der Waals surface area contributed by atoms with E-state index in [2.05, 4.69) is 20.6 Å². The van der Waals surface area contributed by atoms with Crippen molar-refractivity contribution in [1.29, 1.82) is 0 Å². The molecule has 0 spiro atoms. The van der Waals surface area contributed by atoms with E-state index in [4.69, 9.17) is 4.74 Å². The lowest BCUT2D eigenvalue weighted by Gasteiger charge is -2.14. The molecule has 3 aromatic heterocycles. The first kappa shape index (κ1) is 18.4. The Labute approximate surface area is 161 Å². The van der Waals surface area contributed by atoms with Gasteiger partial charge in [-0.25, -0.2) is 9.97 Å². The van der Waals surface area contributed by atoms with Gasteiger partial charge < -0.3 is 15.4 Å².